The Balaban J connectivity index is 1.19. The van der Waals surface area contributed by atoms with Gasteiger partial charge in [-0.1, -0.05) is 13.0 Å². The summed E-state index contributed by atoms with van der Waals surface area (Å²) in [5.41, 5.74) is 5.03. The van der Waals surface area contributed by atoms with E-state index in [1.807, 2.05) is 69.7 Å². The summed E-state index contributed by atoms with van der Waals surface area (Å²) in [6, 6.07) is 8.10. The number of fused-ring (bicyclic) bond motifs is 2. The van der Waals surface area contributed by atoms with E-state index in [0.29, 0.717) is 50.5 Å². The number of aromatic nitrogens is 4. The van der Waals surface area contributed by atoms with Crippen molar-refractivity contribution < 1.29 is 23.8 Å². The molecule has 0 radical (unpaired) electrons. The largest absolute Gasteiger partial charge is 0.505 e. The molecule has 11 nitrogen and oxygen atoms in total. The molecule has 1 fully saturated rings. The summed E-state index contributed by atoms with van der Waals surface area (Å²) in [7, 11) is 1.94. The number of aryl methyl sites for hydroxylation is 1. The highest BCUT2D eigenvalue weighted by molar-refractivity contribution is 5.94. The number of nitrogens with zero attached hydrogens (tertiary/aromatic N) is 5. The number of nitrogens with one attached hydrogen (secondary N) is 2. The summed E-state index contributed by atoms with van der Waals surface area (Å²) in [6.45, 7) is 11.3. The van der Waals surface area contributed by atoms with E-state index in [4.69, 9.17) is 9.72 Å². The molecule has 3 N–H and O–H groups in total. The molecule has 0 saturated carbocycles. The molecule has 0 bridgehead atoms. The van der Waals surface area contributed by atoms with Crippen LogP contribution in [0, 0.1) is 5.82 Å². The van der Waals surface area contributed by atoms with E-state index in [1.54, 1.807) is 4.90 Å². The van der Waals surface area contributed by atoms with Crippen molar-refractivity contribution >= 4 is 22.9 Å². The Labute approximate surface area is 261 Å². The number of halogens is 1. The minimum Gasteiger partial charge on any atom is -0.505 e. The van der Waals surface area contributed by atoms with E-state index < -0.39 is 11.4 Å². The van der Waals surface area contributed by atoms with Gasteiger partial charge < -0.3 is 24.6 Å². The van der Waals surface area contributed by atoms with E-state index >= 15 is 0 Å². The van der Waals surface area contributed by atoms with Crippen LogP contribution in [0.3, 0.4) is 0 Å². The van der Waals surface area contributed by atoms with Gasteiger partial charge in [0.05, 0.1) is 22.9 Å². The maximum absolute atomic E-state index is 14.2. The van der Waals surface area contributed by atoms with Gasteiger partial charge in [-0.15, -0.1) is 0 Å². The second-order valence-corrected chi connectivity index (χ2v) is 13.1. The summed E-state index contributed by atoms with van der Waals surface area (Å²) >= 11 is 0. The molecule has 45 heavy (non-hydrogen) atoms. The molecule has 1 saturated heterocycles. The molecule has 2 atom stereocenters. The maximum atomic E-state index is 14.2. The Kier molecular flexibility index (Phi) is 7.80. The number of piperazine rings is 1. The molecule has 0 spiro atoms. The van der Waals surface area contributed by atoms with Crippen LogP contribution in [-0.4, -0.2) is 96.3 Å². The summed E-state index contributed by atoms with van der Waals surface area (Å²) < 4.78 is 19.8. The molecule has 4 aromatic rings. The fourth-order valence-corrected chi connectivity index (χ4v) is 6.33. The first-order chi connectivity index (χ1) is 21.3. The zero-order valence-corrected chi connectivity index (χ0v) is 26.6. The number of H-pyrrole nitrogens is 2. The second-order valence-electron chi connectivity index (χ2n) is 13.1. The highest BCUT2D eigenvalue weighted by Gasteiger charge is 2.39. The standard InChI is InChI=1S/C33H40FN7O4/c1-7-19-13-28(42)23(34)14-22(19)20-8-9-21-24(12-20)37-38-29(21)30-35-25-15-27(39(6)17-26(25)36-30)31(43)41-11-10-40(16-18(41)2)32(44)45-33(3,4)5/h8-9,12-14,18,27,42H,7,10-11,15-17H2,1-6H3,(H,35,36)(H,37,38). The molecular weight excluding hydrogens is 577 g/mol. The first kappa shape index (κ1) is 30.6. The molecule has 2 aliphatic rings. The number of phenolic OH excluding ortho intramolecular Hbond substituents is 1. The topological polar surface area (TPSA) is 131 Å². The smallest absolute Gasteiger partial charge is 0.410 e. The third-order valence-corrected chi connectivity index (χ3v) is 8.69. The maximum Gasteiger partial charge on any atom is 0.410 e. The first-order valence-electron chi connectivity index (χ1n) is 15.4. The van der Waals surface area contributed by atoms with Gasteiger partial charge in [-0.05, 0) is 82.1 Å². The third-order valence-electron chi connectivity index (χ3n) is 8.69. The van der Waals surface area contributed by atoms with Crippen molar-refractivity contribution in [3.63, 3.8) is 0 Å². The van der Waals surface area contributed by atoms with Crippen molar-refractivity contribution in [2.24, 2.45) is 0 Å². The van der Waals surface area contributed by atoms with Crippen LogP contribution in [0.25, 0.3) is 33.5 Å². The Morgan fingerprint density at radius 2 is 1.96 bits per heavy atom. The molecule has 4 heterocycles. The van der Waals surface area contributed by atoms with Crippen molar-refractivity contribution in [2.45, 2.75) is 71.7 Å². The average molecular weight is 618 g/mol. The number of aromatic hydroxyl groups is 1. The molecule has 6 rings (SSSR count). The van der Waals surface area contributed by atoms with Gasteiger partial charge in [0.2, 0.25) is 5.91 Å². The van der Waals surface area contributed by atoms with Gasteiger partial charge in [-0.25, -0.2) is 14.2 Å². The van der Waals surface area contributed by atoms with Crippen molar-refractivity contribution in [1.29, 1.82) is 0 Å². The fraction of sp³-hybridized carbons (Fsp3) is 0.455. The lowest BCUT2D eigenvalue weighted by molar-refractivity contribution is -0.141. The number of rotatable bonds is 4. The Bertz CT molecular complexity index is 1770. The van der Waals surface area contributed by atoms with E-state index in [-0.39, 0.29) is 29.8 Å². The van der Waals surface area contributed by atoms with Crippen LogP contribution in [0.4, 0.5) is 9.18 Å². The van der Waals surface area contributed by atoms with E-state index in [0.717, 1.165) is 39.0 Å². The number of likely N-dealkylation sites (N-methyl/N-ethyl adjacent to an activating group) is 1. The van der Waals surface area contributed by atoms with Crippen LogP contribution >= 0.6 is 0 Å². The molecule has 2 aromatic carbocycles. The van der Waals surface area contributed by atoms with Crippen LogP contribution in [0.1, 0.15) is 51.6 Å². The van der Waals surface area contributed by atoms with Gasteiger partial charge >= 0.3 is 6.09 Å². The van der Waals surface area contributed by atoms with Crippen molar-refractivity contribution in [1.82, 2.24) is 34.9 Å². The Morgan fingerprint density at radius 3 is 2.67 bits per heavy atom. The highest BCUT2D eigenvalue weighted by Crippen LogP contribution is 2.34. The molecule has 2 unspecified atom stereocenters. The number of carbonyl (C=O) groups excluding carboxylic acids is 2. The number of phenols is 1. The monoisotopic (exact) mass is 617 g/mol. The van der Waals surface area contributed by atoms with Crippen molar-refractivity contribution in [3.8, 4) is 28.4 Å². The second kappa shape index (κ2) is 11.5. The van der Waals surface area contributed by atoms with Gasteiger partial charge in [0.25, 0.3) is 0 Å². The molecule has 12 heteroatoms. The minimum absolute atomic E-state index is 0.0268. The fourth-order valence-electron chi connectivity index (χ4n) is 6.33. The molecule has 2 aromatic heterocycles. The van der Waals surface area contributed by atoms with Gasteiger partial charge in [0, 0.05) is 44.0 Å². The molecular formula is C33H40FN7O4. The van der Waals surface area contributed by atoms with Crippen molar-refractivity contribution in [2.75, 3.05) is 26.7 Å². The summed E-state index contributed by atoms with van der Waals surface area (Å²) in [5, 5.41) is 18.3. The molecule has 0 aliphatic carbocycles. The van der Waals surface area contributed by atoms with Crippen LogP contribution in [0.2, 0.25) is 0 Å². The highest BCUT2D eigenvalue weighted by atomic mass is 19.1. The van der Waals surface area contributed by atoms with Crippen LogP contribution in [0.15, 0.2) is 30.3 Å². The SMILES string of the molecule is CCc1cc(O)c(F)cc1-c1ccc2c(-c3nc4c([nH]3)CN(C)C(C(=O)N3CCN(C(=O)OC(C)(C)C)CC3C)C4)n[nH]c2c1. The number of imidazole rings is 1. The summed E-state index contributed by atoms with van der Waals surface area (Å²) in [6.07, 6.45) is 0.748. The molecule has 2 amide bonds. The molecule has 238 valence electrons. The van der Waals surface area contributed by atoms with Crippen LogP contribution < -0.4 is 0 Å². The van der Waals surface area contributed by atoms with Gasteiger partial charge in [0.15, 0.2) is 17.4 Å². The number of ether oxygens (including phenoxy) is 1. The summed E-state index contributed by atoms with van der Waals surface area (Å²) in [4.78, 5) is 40.3. The lowest BCUT2D eigenvalue weighted by Gasteiger charge is -2.43. The zero-order chi connectivity index (χ0) is 32.2. The predicted molar refractivity (Wildman–Crippen MR) is 168 cm³/mol. The molecule has 2 aliphatic heterocycles. The quantitative estimate of drug-likeness (QED) is 0.298. The van der Waals surface area contributed by atoms with E-state index in [1.165, 1.54) is 12.1 Å². The van der Waals surface area contributed by atoms with Gasteiger partial charge in [0.1, 0.15) is 11.3 Å². The number of benzene rings is 2. The Hall–Kier alpha value is -4.45. The van der Waals surface area contributed by atoms with Gasteiger partial charge in [-0.3, -0.25) is 14.8 Å². The van der Waals surface area contributed by atoms with Crippen LogP contribution in [-0.2, 0) is 28.9 Å². The number of amides is 2. The van der Waals surface area contributed by atoms with Gasteiger partial charge in [-0.2, -0.15) is 5.10 Å². The number of hydrogen-bond donors (Lipinski definition) is 3. The van der Waals surface area contributed by atoms with Crippen molar-refractivity contribution in [3.05, 3.63) is 53.1 Å². The average Bonchev–Trinajstić information content (AvgIpc) is 3.59. The Morgan fingerprint density at radius 1 is 1.18 bits per heavy atom. The number of carbonyl (C=O) groups is 2. The number of hydrogen-bond acceptors (Lipinski definition) is 7. The first-order valence-corrected chi connectivity index (χ1v) is 15.4. The van der Waals surface area contributed by atoms with E-state index in [9.17, 15) is 19.1 Å². The number of aromatic amines is 2. The van der Waals surface area contributed by atoms with E-state index in [2.05, 4.69) is 15.2 Å². The zero-order valence-electron chi connectivity index (χ0n) is 26.6. The third kappa shape index (κ3) is 5.86. The lowest BCUT2D eigenvalue weighted by atomic mass is 9.96. The normalized spacial score (nSPS) is 19.2. The summed E-state index contributed by atoms with van der Waals surface area (Å²) in [5.74, 6) is -0.371. The lowest BCUT2D eigenvalue weighted by Crippen LogP contribution is -2.60. The van der Waals surface area contributed by atoms with Crippen LogP contribution in [0.5, 0.6) is 5.75 Å². The predicted octanol–water partition coefficient (Wildman–Crippen LogP) is 4.85. The minimum atomic E-state index is -0.659.